The number of hydrogen-bond acceptors (Lipinski definition) is 4. The number of hydrogen-bond donors (Lipinski definition) is 0. The molecule has 0 spiro atoms. The number of amides is 1. The highest BCUT2D eigenvalue weighted by molar-refractivity contribution is 5.86. The van der Waals surface area contributed by atoms with Crippen molar-refractivity contribution < 1.29 is 9.32 Å². The first-order valence-electron chi connectivity index (χ1n) is 9.56. The van der Waals surface area contributed by atoms with Gasteiger partial charge in [-0.25, -0.2) is 4.98 Å². The third-order valence-electron chi connectivity index (χ3n) is 5.79. The van der Waals surface area contributed by atoms with E-state index in [4.69, 9.17) is 9.51 Å². The highest BCUT2D eigenvalue weighted by atomic mass is 16.5. The molecule has 27 heavy (non-hydrogen) atoms. The van der Waals surface area contributed by atoms with Crippen LogP contribution in [0.15, 0.2) is 23.0 Å². The summed E-state index contributed by atoms with van der Waals surface area (Å²) in [4.78, 5) is 18.2. The summed E-state index contributed by atoms with van der Waals surface area (Å²) >= 11 is 0. The Labute approximate surface area is 159 Å². The van der Waals surface area contributed by atoms with Crippen molar-refractivity contribution in [3.8, 4) is 11.1 Å². The summed E-state index contributed by atoms with van der Waals surface area (Å²) in [6.45, 7) is 7.30. The third-order valence-corrected chi connectivity index (χ3v) is 5.79. The molecule has 0 saturated carbocycles. The molecule has 0 atom stereocenters. The van der Waals surface area contributed by atoms with E-state index < -0.39 is 0 Å². The van der Waals surface area contributed by atoms with Crippen molar-refractivity contribution in [1.82, 2.24) is 19.6 Å². The summed E-state index contributed by atoms with van der Waals surface area (Å²) in [5, 5.41) is 5.27. The van der Waals surface area contributed by atoms with E-state index in [0.717, 1.165) is 60.6 Å². The fourth-order valence-corrected chi connectivity index (χ4v) is 4.30. The highest BCUT2D eigenvalue weighted by Crippen LogP contribution is 2.32. The van der Waals surface area contributed by atoms with E-state index in [9.17, 15) is 4.79 Å². The molecule has 0 aromatic carbocycles. The van der Waals surface area contributed by atoms with Gasteiger partial charge < -0.3 is 14.0 Å². The number of piperidine rings is 1. The Morgan fingerprint density at radius 3 is 2.67 bits per heavy atom. The van der Waals surface area contributed by atoms with Gasteiger partial charge in [-0.15, -0.1) is 0 Å². The van der Waals surface area contributed by atoms with E-state index >= 15 is 0 Å². The average molecular weight is 366 g/mol. The maximum absolute atomic E-state index is 11.5. The minimum absolute atomic E-state index is 0.187. The first-order chi connectivity index (χ1) is 12.9. The van der Waals surface area contributed by atoms with E-state index in [2.05, 4.69) is 22.0 Å². The molecule has 4 heterocycles. The van der Waals surface area contributed by atoms with Crippen molar-refractivity contribution in [3.05, 3.63) is 35.5 Å². The number of carbonyl (C=O) groups is 1. The minimum atomic E-state index is 0.187. The zero-order valence-corrected chi connectivity index (χ0v) is 16.5. The molecule has 1 amide bonds. The number of pyridine rings is 1. The number of nitrogens with zero attached hydrogens (tertiary/aromatic N) is 4. The summed E-state index contributed by atoms with van der Waals surface area (Å²) in [6.07, 6.45) is 7.26. The van der Waals surface area contributed by atoms with Gasteiger partial charge in [0.15, 0.2) is 0 Å². The quantitative estimate of drug-likeness (QED) is 0.710. The van der Waals surface area contributed by atoms with Gasteiger partial charge >= 0.3 is 0 Å². The molecular weight excluding hydrogens is 340 g/mol. The Hall–Kier alpha value is -2.63. The van der Waals surface area contributed by atoms with Crippen LogP contribution >= 0.6 is 0 Å². The van der Waals surface area contributed by atoms with Crippen LogP contribution in [-0.2, 0) is 18.3 Å². The summed E-state index contributed by atoms with van der Waals surface area (Å²) < 4.78 is 7.44. The Morgan fingerprint density at radius 2 is 2.04 bits per heavy atom. The van der Waals surface area contributed by atoms with Crippen LogP contribution in [0.2, 0.25) is 0 Å². The van der Waals surface area contributed by atoms with Gasteiger partial charge in [-0.05, 0) is 50.7 Å². The number of carbonyl (C=O) groups excluding carboxylic acids is 1. The van der Waals surface area contributed by atoms with Crippen molar-refractivity contribution in [3.63, 3.8) is 0 Å². The molecule has 6 nitrogen and oxygen atoms in total. The molecule has 3 aromatic rings. The van der Waals surface area contributed by atoms with Gasteiger partial charge in [0.2, 0.25) is 5.91 Å². The van der Waals surface area contributed by atoms with Gasteiger partial charge in [-0.1, -0.05) is 5.16 Å². The third kappa shape index (κ3) is 3.24. The minimum Gasteiger partial charge on any atom is -0.361 e. The first kappa shape index (κ1) is 17.8. The van der Waals surface area contributed by atoms with Gasteiger partial charge in [0.05, 0.1) is 5.69 Å². The summed E-state index contributed by atoms with van der Waals surface area (Å²) in [6, 6.07) is 2.22. The lowest BCUT2D eigenvalue weighted by atomic mass is 9.90. The second-order valence-corrected chi connectivity index (χ2v) is 7.71. The summed E-state index contributed by atoms with van der Waals surface area (Å²) in [5.74, 6) is 1.61. The van der Waals surface area contributed by atoms with Crippen LogP contribution in [0.25, 0.3) is 22.2 Å². The lowest BCUT2D eigenvalue weighted by molar-refractivity contribution is -0.130. The highest BCUT2D eigenvalue weighted by Gasteiger charge is 2.23. The molecule has 1 fully saturated rings. The zero-order chi connectivity index (χ0) is 19.1. The van der Waals surface area contributed by atoms with Crippen LogP contribution in [0.5, 0.6) is 0 Å². The van der Waals surface area contributed by atoms with E-state index in [1.807, 2.05) is 32.0 Å². The van der Waals surface area contributed by atoms with Gasteiger partial charge in [0.1, 0.15) is 11.4 Å². The molecule has 142 valence electrons. The van der Waals surface area contributed by atoms with E-state index in [0.29, 0.717) is 5.92 Å². The van der Waals surface area contributed by atoms with Crippen molar-refractivity contribution in [1.29, 1.82) is 0 Å². The standard InChI is InChI=1S/C21H26N4O2/c1-13-20(14(2)27-23-13)17-10-19-18(12-24(4)21(19)22-11-17)9-16-5-7-25(8-6-16)15(3)26/h10-12,16H,5-9H2,1-4H3. The molecule has 0 N–H and O–H groups in total. The van der Waals surface area contributed by atoms with Crippen molar-refractivity contribution in [2.45, 2.75) is 40.0 Å². The molecule has 0 bridgehead atoms. The maximum atomic E-state index is 11.5. The summed E-state index contributed by atoms with van der Waals surface area (Å²) in [5.41, 5.74) is 5.31. The molecule has 1 aliphatic rings. The number of likely N-dealkylation sites (tertiary alicyclic amines) is 1. The SMILES string of the molecule is CC(=O)N1CCC(Cc2cn(C)c3ncc(-c4c(C)noc4C)cc23)CC1. The van der Waals surface area contributed by atoms with Gasteiger partial charge in [0, 0.05) is 56.0 Å². The Bertz CT molecular complexity index is 974. The lowest BCUT2D eigenvalue weighted by Gasteiger charge is -2.31. The largest absolute Gasteiger partial charge is 0.361 e. The number of aryl methyl sites for hydroxylation is 3. The molecule has 0 radical (unpaired) electrons. The molecule has 1 aliphatic heterocycles. The van der Waals surface area contributed by atoms with Crippen LogP contribution in [0, 0.1) is 19.8 Å². The van der Waals surface area contributed by atoms with Crippen LogP contribution in [0.1, 0.15) is 36.8 Å². The predicted octanol–water partition coefficient (Wildman–Crippen LogP) is 3.65. The Morgan fingerprint density at radius 1 is 1.30 bits per heavy atom. The monoisotopic (exact) mass is 366 g/mol. The van der Waals surface area contributed by atoms with Crippen LogP contribution < -0.4 is 0 Å². The van der Waals surface area contributed by atoms with Gasteiger partial charge in [-0.2, -0.15) is 0 Å². The number of fused-ring (bicyclic) bond motifs is 1. The smallest absolute Gasteiger partial charge is 0.219 e. The Kier molecular flexibility index (Phi) is 4.50. The summed E-state index contributed by atoms with van der Waals surface area (Å²) in [7, 11) is 2.05. The molecule has 6 heteroatoms. The van der Waals surface area contributed by atoms with E-state index in [1.165, 1.54) is 10.9 Å². The normalized spacial score (nSPS) is 15.6. The molecular formula is C21H26N4O2. The average Bonchev–Trinajstić information content (AvgIpc) is 3.14. The first-order valence-corrected chi connectivity index (χ1v) is 9.56. The van der Waals surface area contributed by atoms with Gasteiger partial charge in [0.25, 0.3) is 0 Å². The van der Waals surface area contributed by atoms with Crippen LogP contribution in [0.4, 0.5) is 0 Å². The molecule has 4 rings (SSSR count). The molecule has 0 unspecified atom stereocenters. The fraction of sp³-hybridized carbons (Fsp3) is 0.476. The van der Waals surface area contributed by atoms with Crippen molar-refractivity contribution in [2.24, 2.45) is 13.0 Å². The van der Waals surface area contributed by atoms with Crippen LogP contribution in [0.3, 0.4) is 0 Å². The molecule has 3 aromatic heterocycles. The number of aromatic nitrogens is 3. The zero-order valence-electron chi connectivity index (χ0n) is 16.5. The van der Waals surface area contributed by atoms with E-state index in [-0.39, 0.29) is 5.91 Å². The second-order valence-electron chi connectivity index (χ2n) is 7.71. The Balaban J connectivity index is 1.64. The topological polar surface area (TPSA) is 64.2 Å². The van der Waals surface area contributed by atoms with Gasteiger partial charge in [-0.3, -0.25) is 4.79 Å². The van der Waals surface area contributed by atoms with Crippen LogP contribution in [-0.4, -0.2) is 38.6 Å². The maximum Gasteiger partial charge on any atom is 0.219 e. The molecule has 0 aliphatic carbocycles. The van der Waals surface area contributed by atoms with E-state index in [1.54, 1.807) is 6.92 Å². The molecule has 1 saturated heterocycles. The van der Waals surface area contributed by atoms with Crippen molar-refractivity contribution in [2.75, 3.05) is 13.1 Å². The predicted molar refractivity (Wildman–Crippen MR) is 104 cm³/mol. The number of rotatable bonds is 3. The van der Waals surface area contributed by atoms with Crippen molar-refractivity contribution >= 4 is 16.9 Å². The second kappa shape index (κ2) is 6.83. The lowest BCUT2D eigenvalue weighted by Crippen LogP contribution is -2.37. The fourth-order valence-electron chi connectivity index (χ4n) is 4.30.